The average molecular weight is 586 g/mol. The number of halogens is 7. The Morgan fingerprint density at radius 1 is 0.719 bits per heavy atom. The molecule has 0 spiro atoms. The second kappa shape index (κ2) is 16.7. The zero-order valence-electron chi connectivity index (χ0n) is 15.8. The van der Waals surface area contributed by atoms with Crippen LogP contribution in [0.5, 0.6) is 0 Å². The second-order valence-corrected chi connectivity index (χ2v) is 7.30. The maximum absolute atomic E-state index is 10.3. The quantitative estimate of drug-likeness (QED) is 0.0894. The minimum Gasteiger partial charge on any atom is -0.369 e. The third-order valence-electron chi connectivity index (χ3n) is 2.78. The predicted molar refractivity (Wildman–Crippen MR) is 139 cm³/mol. The van der Waals surface area contributed by atoms with Gasteiger partial charge in [0.2, 0.25) is 11.9 Å². The molecular weight excluding hydrogens is 568 g/mol. The molecule has 0 saturated carbocycles. The molecular formula is C16H17Cl7N8O. The van der Waals surface area contributed by atoms with Crippen LogP contribution in [0.4, 0.5) is 0 Å². The summed E-state index contributed by atoms with van der Waals surface area (Å²) in [6, 6.07) is 6.30. The summed E-state index contributed by atoms with van der Waals surface area (Å²) in [5, 5.41) is 11.6. The molecule has 2 rings (SSSR count). The molecule has 0 bridgehead atoms. The number of aldehydes is 1. The second-order valence-electron chi connectivity index (χ2n) is 4.97. The highest BCUT2D eigenvalue weighted by atomic mass is 35.5. The molecule has 176 valence electrons. The fourth-order valence-electron chi connectivity index (χ4n) is 1.43. The molecule has 2 aromatic carbocycles. The number of carbonyl (C=O) groups is 1. The van der Waals surface area contributed by atoms with Gasteiger partial charge in [0.1, 0.15) is 0 Å². The van der Waals surface area contributed by atoms with Crippen LogP contribution >= 0.6 is 82.0 Å². The average Bonchev–Trinajstić information content (AvgIpc) is 2.73. The van der Waals surface area contributed by atoms with Gasteiger partial charge in [-0.3, -0.25) is 4.79 Å². The van der Waals surface area contributed by atoms with Crippen LogP contribution in [0, 0.1) is 0 Å². The van der Waals surface area contributed by atoms with Crippen LogP contribution in [0.15, 0.2) is 39.6 Å². The Balaban J connectivity index is 0. The Kier molecular flexibility index (Phi) is 16.9. The number of benzene rings is 2. The summed E-state index contributed by atoms with van der Waals surface area (Å²) >= 11 is 34.4. The largest absolute Gasteiger partial charge is 0.369 e. The van der Waals surface area contributed by atoms with Crippen molar-refractivity contribution in [3.63, 3.8) is 0 Å². The standard InChI is InChI=1S/C8H7Cl3N4.C7H3Cl3O.CH6N4.ClH/c9-5-2-1-4(6(10)7(5)11)3-14-15-8(12)13;8-5-2-1-4(3-11)6(9)7(5)10;2-1(3)5-4;/h1-3H,(H4,12,13,15);1-3H;4H2,(H4,2,3,5);1H/b14-3+;;;. The maximum atomic E-state index is 10.3. The molecule has 9 nitrogen and oxygen atoms in total. The van der Waals surface area contributed by atoms with E-state index in [2.05, 4.69) is 21.1 Å². The lowest BCUT2D eigenvalue weighted by molar-refractivity contribution is 0.112. The minimum absolute atomic E-state index is 0. The molecule has 0 saturated heterocycles. The molecule has 32 heavy (non-hydrogen) atoms. The number of hydrogen-bond acceptors (Lipinski definition) is 5. The summed E-state index contributed by atoms with van der Waals surface area (Å²) in [4.78, 5) is 10.3. The molecule has 0 aromatic heterocycles. The lowest BCUT2D eigenvalue weighted by Gasteiger charge is -2.01. The zero-order valence-corrected chi connectivity index (χ0v) is 21.1. The van der Waals surface area contributed by atoms with E-state index in [0.717, 1.165) is 0 Å². The van der Waals surface area contributed by atoms with Crippen molar-refractivity contribution in [2.75, 3.05) is 0 Å². The van der Waals surface area contributed by atoms with Crippen molar-refractivity contribution in [2.45, 2.75) is 0 Å². The van der Waals surface area contributed by atoms with E-state index >= 15 is 0 Å². The summed E-state index contributed by atoms with van der Waals surface area (Å²) in [6.07, 6.45) is 2.01. The summed E-state index contributed by atoms with van der Waals surface area (Å²) in [7, 11) is 0. The number of hydrazone groups is 1. The number of nitrogens with zero attached hydrogens (tertiary/aromatic N) is 3. The van der Waals surface area contributed by atoms with Crippen molar-refractivity contribution in [3.05, 3.63) is 65.5 Å². The van der Waals surface area contributed by atoms with Crippen LogP contribution in [-0.4, -0.2) is 24.4 Å². The molecule has 2 aromatic rings. The zero-order chi connectivity index (χ0) is 24.1. The number of carbonyl (C=O) groups excluding carboxylic acids is 1. The van der Waals surface area contributed by atoms with Gasteiger partial charge in [0.15, 0.2) is 6.29 Å². The number of rotatable bonds is 3. The lowest BCUT2D eigenvalue weighted by Crippen LogP contribution is -2.23. The van der Waals surface area contributed by atoms with Crippen LogP contribution in [0.3, 0.4) is 0 Å². The highest BCUT2D eigenvalue weighted by Gasteiger charge is 2.07. The summed E-state index contributed by atoms with van der Waals surface area (Å²) in [5.74, 6) is 4.28. The van der Waals surface area contributed by atoms with E-state index in [1.807, 2.05) is 0 Å². The van der Waals surface area contributed by atoms with E-state index < -0.39 is 0 Å². The highest BCUT2D eigenvalue weighted by Crippen LogP contribution is 2.32. The van der Waals surface area contributed by atoms with Gasteiger partial charge in [-0.1, -0.05) is 75.7 Å². The number of nitrogens with two attached hydrogens (primary N) is 5. The molecule has 0 aliphatic heterocycles. The van der Waals surface area contributed by atoms with Crippen molar-refractivity contribution in [1.29, 1.82) is 0 Å². The van der Waals surface area contributed by atoms with Gasteiger partial charge in [0, 0.05) is 11.1 Å². The molecule has 0 radical (unpaired) electrons. The van der Waals surface area contributed by atoms with Crippen LogP contribution < -0.4 is 28.8 Å². The van der Waals surface area contributed by atoms with Crippen LogP contribution in [0.1, 0.15) is 15.9 Å². The summed E-state index contributed by atoms with van der Waals surface area (Å²) in [6.45, 7) is 0. The topological polar surface area (TPSA) is 184 Å². The maximum Gasteiger partial charge on any atom is 0.211 e. The van der Waals surface area contributed by atoms with E-state index in [1.54, 1.807) is 12.1 Å². The summed E-state index contributed by atoms with van der Waals surface area (Å²) in [5.41, 5.74) is 20.5. The normalized spacial score (nSPS) is 9.31. The van der Waals surface area contributed by atoms with Gasteiger partial charge < -0.3 is 28.8 Å². The predicted octanol–water partition coefficient (Wildman–Crippen LogP) is 4.27. The van der Waals surface area contributed by atoms with Gasteiger partial charge >= 0.3 is 0 Å². The van der Waals surface area contributed by atoms with Gasteiger partial charge in [0.25, 0.3) is 0 Å². The smallest absolute Gasteiger partial charge is 0.211 e. The third kappa shape index (κ3) is 11.7. The monoisotopic (exact) mass is 582 g/mol. The van der Waals surface area contributed by atoms with Gasteiger partial charge in [-0.25, -0.2) is 0 Å². The number of guanidine groups is 2. The molecule has 0 heterocycles. The van der Waals surface area contributed by atoms with Gasteiger partial charge in [0.05, 0.1) is 36.4 Å². The molecule has 0 fully saturated rings. The Labute approximate surface area is 219 Å². The Morgan fingerprint density at radius 2 is 1.12 bits per heavy atom. The first-order valence-electron chi connectivity index (χ1n) is 7.59. The molecule has 0 unspecified atom stereocenters. The fourth-order valence-corrected chi connectivity index (χ4v) is 2.61. The van der Waals surface area contributed by atoms with Crippen molar-refractivity contribution < 1.29 is 4.79 Å². The van der Waals surface area contributed by atoms with Crippen molar-refractivity contribution in [1.82, 2.24) is 0 Å². The lowest BCUT2D eigenvalue weighted by atomic mass is 10.2. The fraction of sp³-hybridized carbons (Fsp3) is 0. The third-order valence-corrected chi connectivity index (χ3v) is 5.39. The van der Waals surface area contributed by atoms with E-state index in [0.29, 0.717) is 32.5 Å². The Bertz CT molecular complexity index is 991. The molecule has 0 aliphatic rings. The first kappa shape index (κ1) is 32.3. The first-order valence-corrected chi connectivity index (χ1v) is 9.85. The molecule has 10 N–H and O–H groups in total. The van der Waals surface area contributed by atoms with Crippen molar-refractivity contribution >= 4 is 106 Å². The number of hydrogen-bond donors (Lipinski definition) is 5. The summed E-state index contributed by atoms with van der Waals surface area (Å²) < 4.78 is 0. The molecule has 16 heteroatoms. The SMILES string of the molecule is Cl.NC(N)=N/N=C/c1ccc(Cl)c(Cl)c1Cl.NN=C(N)N.O=Cc1ccc(Cl)c(Cl)c1Cl. The molecule has 0 amide bonds. The van der Waals surface area contributed by atoms with Crippen LogP contribution in [0.25, 0.3) is 0 Å². The van der Waals surface area contributed by atoms with Gasteiger partial charge in [-0.2, -0.15) is 5.10 Å². The van der Waals surface area contributed by atoms with E-state index in [9.17, 15) is 4.79 Å². The van der Waals surface area contributed by atoms with Crippen LogP contribution in [0.2, 0.25) is 30.1 Å². The Morgan fingerprint density at radius 3 is 1.50 bits per heavy atom. The van der Waals surface area contributed by atoms with E-state index in [1.165, 1.54) is 18.3 Å². The van der Waals surface area contributed by atoms with Gasteiger partial charge in [-0.05, 0) is 18.2 Å². The van der Waals surface area contributed by atoms with E-state index in [-0.39, 0.29) is 39.4 Å². The first-order chi connectivity index (χ1) is 14.5. The van der Waals surface area contributed by atoms with Crippen molar-refractivity contribution in [2.24, 2.45) is 44.1 Å². The minimum atomic E-state index is -0.137. The highest BCUT2D eigenvalue weighted by molar-refractivity contribution is 6.49. The molecule has 0 atom stereocenters. The Hall–Kier alpha value is -1.85. The van der Waals surface area contributed by atoms with Crippen LogP contribution in [-0.2, 0) is 0 Å². The van der Waals surface area contributed by atoms with Gasteiger partial charge in [-0.15, -0.1) is 22.6 Å². The molecule has 0 aliphatic carbocycles. The van der Waals surface area contributed by atoms with E-state index in [4.69, 9.17) is 92.5 Å². The van der Waals surface area contributed by atoms with Crippen molar-refractivity contribution in [3.8, 4) is 0 Å².